The quantitative estimate of drug-likeness (QED) is 0.833. The van der Waals surface area contributed by atoms with Crippen molar-refractivity contribution in [3.63, 3.8) is 0 Å². The van der Waals surface area contributed by atoms with E-state index in [0.29, 0.717) is 18.7 Å². The van der Waals surface area contributed by atoms with E-state index in [1.165, 1.54) is 24.1 Å². The Morgan fingerprint density at radius 1 is 1.17 bits per heavy atom. The van der Waals surface area contributed by atoms with Gasteiger partial charge < -0.3 is 9.32 Å². The summed E-state index contributed by atoms with van der Waals surface area (Å²) in [7, 11) is 0. The van der Waals surface area contributed by atoms with E-state index < -0.39 is 5.63 Å². The molecule has 3 heterocycles. The zero-order valence-corrected chi connectivity index (χ0v) is 14.1. The van der Waals surface area contributed by atoms with Gasteiger partial charge in [-0.05, 0) is 26.0 Å². The van der Waals surface area contributed by atoms with E-state index in [2.05, 4.69) is 23.0 Å². The molecule has 7 nitrogen and oxygen atoms in total. The summed E-state index contributed by atoms with van der Waals surface area (Å²) >= 11 is 0. The highest BCUT2D eigenvalue weighted by Gasteiger charge is 2.22. The molecule has 24 heavy (non-hydrogen) atoms. The zero-order chi connectivity index (χ0) is 17.1. The highest BCUT2D eigenvalue weighted by Crippen LogP contribution is 2.09. The maximum atomic E-state index is 12.4. The second-order valence-corrected chi connectivity index (χ2v) is 6.13. The molecule has 0 atom stereocenters. The molecule has 0 radical (unpaired) electrons. The van der Waals surface area contributed by atoms with Crippen molar-refractivity contribution in [2.24, 2.45) is 0 Å². The molecule has 0 unspecified atom stereocenters. The molecule has 0 aromatic carbocycles. The van der Waals surface area contributed by atoms with Gasteiger partial charge in [-0.1, -0.05) is 0 Å². The third-order valence-corrected chi connectivity index (χ3v) is 4.34. The van der Waals surface area contributed by atoms with E-state index in [0.717, 1.165) is 31.9 Å². The number of aromatic nitrogens is 2. The van der Waals surface area contributed by atoms with Gasteiger partial charge in [-0.2, -0.15) is 5.10 Å². The summed E-state index contributed by atoms with van der Waals surface area (Å²) in [5, 5.41) is 4.47. The minimum absolute atomic E-state index is 0.0862. The van der Waals surface area contributed by atoms with Crippen LogP contribution in [0.2, 0.25) is 0 Å². The van der Waals surface area contributed by atoms with Gasteiger partial charge in [0.1, 0.15) is 6.26 Å². The molecule has 1 saturated heterocycles. The number of amides is 1. The van der Waals surface area contributed by atoms with Crippen LogP contribution in [0.25, 0.3) is 0 Å². The Labute approximate surface area is 140 Å². The van der Waals surface area contributed by atoms with Crippen molar-refractivity contribution in [1.29, 1.82) is 0 Å². The number of hydrogen-bond donors (Lipinski definition) is 0. The molecule has 3 rings (SSSR count). The first-order valence-corrected chi connectivity index (χ1v) is 8.14. The van der Waals surface area contributed by atoms with Gasteiger partial charge in [0.2, 0.25) is 0 Å². The first-order valence-electron chi connectivity index (χ1n) is 8.14. The molecule has 2 aromatic heterocycles. The van der Waals surface area contributed by atoms with Crippen LogP contribution in [0.15, 0.2) is 33.7 Å². The van der Waals surface area contributed by atoms with E-state index >= 15 is 0 Å². The van der Waals surface area contributed by atoms with Crippen molar-refractivity contribution in [3.05, 3.63) is 51.8 Å². The number of hydrogen-bond acceptors (Lipinski definition) is 5. The van der Waals surface area contributed by atoms with Crippen LogP contribution < -0.4 is 5.63 Å². The van der Waals surface area contributed by atoms with Crippen LogP contribution in [0, 0.1) is 13.8 Å². The molecule has 0 spiro atoms. The monoisotopic (exact) mass is 330 g/mol. The van der Waals surface area contributed by atoms with Crippen LogP contribution in [-0.2, 0) is 6.54 Å². The predicted octanol–water partition coefficient (Wildman–Crippen LogP) is 0.911. The minimum atomic E-state index is -0.444. The van der Waals surface area contributed by atoms with Crippen molar-refractivity contribution >= 4 is 5.91 Å². The van der Waals surface area contributed by atoms with E-state index in [1.54, 1.807) is 4.90 Å². The first kappa shape index (κ1) is 16.4. The molecule has 2 aromatic rings. The van der Waals surface area contributed by atoms with Gasteiger partial charge in [0.15, 0.2) is 0 Å². The van der Waals surface area contributed by atoms with Crippen LogP contribution in [0.5, 0.6) is 0 Å². The molecule has 0 N–H and O–H groups in total. The Morgan fingerprint density at radius 3 is 2.50 bits per heavy atom. The molecule has 1 aliphatic heterocycles. The van der Waals surface area contributed by atoms with Gasteiger partial charge in [0, 0.05) is 44.5 Å². The standard InChI is InChI=1S/C17H22N4O3/c1-13-11-14(2)21(18-13)10-7-19-5-8-20(9-6-19)17(23)15-3-4-16(22)24-12-15/h3-4,11-12H,5-10H2,1-2H3. The van der Waals surface area contributed by atoms with Crippen LogP contribution in [0.4, 0.5) is 0 Å². The summed E-state index contributed by atoms with van der Waals surface area (Å²) < 4.78 is 6.80. The van der Waals surface area contributed by atoms with Crippen LogP contribution in [-0.4, -0.2) is 58.2 Å². The summed E-state index contributed by atoms with van der Waals surface area (Å²) in [5.41, 5.74) is 2.19. The fourth-order valence-corrected chi connectivity index (χ4v) is 2.97. The number of rotatable bonds is 4. The Bertz CT molecular complexity index is 752. The first-order chi connectivity index (χ1) is 11.5. The molecule has 0 aliphatic carbocycles. The van der Waals surface area contributed by atoms with Crippen molar-refractivity contribution < 1.29 is 9.21 Å². The Balaban J connectivity index is 1.50. The van der Waals surface area contributed by atoms with Crippen molar-refractivity contribution in [3.8, 4) is 0 Å². The van der Waals surface area contributed by atoms with E-state index in [4.69, 9.17) is 4.42 Å². The summed E-state index contributed by atoms with van der Waals surface area (Å²) in [6.45, 7) is 8.86. The number of aryl methyl sites for hydroxylation is 2. The Hall–Kier alpha value is -2.41. The highest BCUT2D eigenvalue weighted by molar-refractivity contribution is 5.93. The van der Waals surface area contributed by atoms with E-state index in [1.807, 2.05) is 11.6 Å². The maximum Gasteiger partial charge on any atom is 0.335 e. The van der Waals surface area contributed by atoms with Gasteiger partial charge in [0.05, 0.1) is 17.8 Å². The van der Waals surface area contributed by atoms with Crippen LogP contribution in [0.1, 0.15) is 21.7 Å². The lowest BCUT2D eigenvalue weighted by Crippen LogP contribution is -2.49. The summed E-state index contributed by atoms with van der Waals surface area (Å²) in [6.07, 6.45) is 1.24. The average Bonchev–Trinajstić information content (AvgIpc) is 2.91. The molecule has 0 saturated carbocycles. The fraction of sp³-hybridized carbons (Fsp3) is 0.471. The number of piperazine rings is 1. The molecule has 0 bridgehead atoms. The smallest absolute Gasteiger partial charge is 0.335 e. The Morgan fingerprint density at radius 2 is 1.92 bits per heavy atom. The van der Waals surface area contributed by atoms with E-state index in [-0.39, 0.29) is 5.91 Å². The topological polar surface area (TPSA) is 71.6 Å². The van der Waals surface area contributed by atoms with Crippen LogP contribution >= 0.6 is 0 Å². The Kier molecular flexibility index (Phi) is 4.80. The molecule has 1 fully saturated rings. The lowest BCUT2D eigenvalue weighted by Gasteiger charge is -2.34. The average molecular weight is 330 g/mol. The third kappa shape index (κ3) is 3.73. The summed E-state index contributed by atoms with van der Waals surface area (Å²) in [4.78, 5) is 27.5. The fourth-order valence-electron chi connectivity index (χ4n) is 2.97. The second kappa shape index (κ2) is 7.00. The summed E-state index contributed by atoms with van der Waals surface area (Å²) in [6, 6.07) is 4.87. The molecule has 1 aliphatic rings. The van der Waals surface area contributed by atoms with Gasteiger partial charge in [0.25, 0.3) is 5.91 Å². The number of carbonyl (C=O) groups is 1. The van der Waals surface area contributed by atoms with Gasteiger partial charge >= 0.3 is 5.63 Å². The minimum Gasteiger partial charge on any atom is -0.430 e. The zero-order valence-electron chi connectivity index (χ0n) is 14.1. The van der Waals surface area contributed by atoms with Crippen LogP contribution in [0.3, 0.4) is 0 Å². The van der Waals surface area contributed by atoms with Crippen molar-refractivity contribution in [1.82, 2.24) is 19.6 Å². The normalized spacial score (nSPS) is 15.7. The maximum absolute atomic E-state index is 12.4. The molecule has 128 valence electrons. The molecular formula is C17H22N4O3. The third-order valence-electron chi connectivity index (χ3n) is 4.34. The molecular weight excluding hydrogens is 308 g/mol. The van der Waals surface area contributed by atoms with Crippen molar-refractivity contribution in [2.75, 3.05) is 32.7 Å². The van der Waals surface area contributed by atoms with Gasteiger partial charge in [-0.25, -0.2) is 4.79 Å². The highest BCUT2D eigenvalue weighted by atomic mass is 16.4. The van der Waals surface area contributed by atoms with Crippen molar-refractivity contribution in [2.45, 2.75) is 20.4 Å². The molecule has 7 heteroatoms. The lowest BCUT2D eigenvalue weighted by molar-refractivity contribution is 0.0629. The number of carbonyl (C=O) groups excluding carboxylic acids is 1. The van der Waals surface area contributed by atoms with Gasteiger partial charge in [-0.15, -0.1) is 0 Å². The van der Waals surface area contributed by atoms with Gasteiger partial charge in [-0.3, -0.25) is 14.4 Å². The second-order valence-electron chi connectivity index (χ2n) is 6.13. The largest absolute Gasteiger partial charge is 0.430 e. The predicted molar refractivity (Wildman–Crippen MR) is 89.0 cm³/mol. The summed E-state index contributed by atoms with van der Waals surface area (Å²) in [5.74, 6) is -0.0862. The van der Waals surface area contributed by atoms with E-state index in [9.17, 15) is 9.59 Å². The molecule has 1 amide bonds. The number of nitrogens with zero attached hydrogens (tertiary/aromatic N) is 4. The lowest BCUT2D eigenvalue weighted by atomic mass is 10.2. The SMILES string of the molecule is Cc1cc(C)n(CCN2CCN(C(=O)c3ccc(=O)oc3)CC2)n1.